The Morgan fingerprint density at radius 1 is 1.47 bits per heavy atom. The van der Waals surface area contributed by atoms with Gasteiger partial charge in [-0.1, -0.05) is 22.0 Å². The molecule has 1 aliphatic rings. The molecule has 0 fully saturated rings. The third kappa shape index (κ3) is 2.45. The minimum atomic E-state index is -1.08. The van der Waals surface area contributed by atoms with Gasteiger partial charge in [0.05, 0.1) is 5.41 Å². The Morgan fingerprint density at radius 2 is 2.16 bits per heavy atom. The molecule has 2 N–H and O–H groups in total. The van der Waals surface area contributed by atoms with E-state index in [-0.39, 0.29) is 12.5 Å². The van der Waals surface area contributed by atoms with Gasteiger partial charge in [-0.15, -0.1) is 0 Å². The van der Waals surface area contributed by atoms with Gasteiger partial charge in [0.15, 0.2) is 0 Å². The first-order chi connectivity index (χ1) is 8.84. The number of amides is 2. The molecule has 0 spiro atoms. The molecule has 0 aromatic heterocycles. The molecule has 1 aliphatic heterocycles. The van der Waals surface area contributed by atoms with Gasteiger partial charge in [0, 0.05) is 23.2 Å². The molecule has 0 saturated heterocycles. The van der Waals surface area contributed by atoms with Gasteiger partial charge in [0.1, 0.15) is 0 Å². The molecule has 1 heterocycles. The maximum atomic E-state index is 12.4. The summed E-state index contributed by atoms with van der Waals surface area (Å²) in [5.74, 6) is -0.00668. The summed E-state index contributed by atoms with van der Waals surface area (Å²) in [4.78, 5) is 24.5. The Kier molecular flexibility index (Phi) is 3.54. The molecular weight excluding hydrogens is 312 g/mol. The molecule has 5 nitrogen and oxygen atoms in total. The van der Waals surface area contributed by atoms with Crippen molar-refractivity contribution >= 4 is 33.6 Å². The van der Waals surface area contributed by atoms with Crippen LogP contribution in [-0.2, 0) is 10.2 Å². The lowest BCUT2D eigenvalue weighted by Crippen LogP contribution is -2.40. The first-order valence-electron chi connectivity index (χ1n) is 5.93. The zero-order valence-corrected chi connectivity index (χ0v) is 12.3. The van der Waals surface area contributed by atoms with Crippen LogP contribution in [0.5, 0.6) is 0 Å². The number of hydrogen-bond acceptors (Lipinski definition) is 2. The minimum absolute atomic E-state index is 0.00668. The second kappa shape index (κ2) is 4.85. The van der Waals surface area contributed by atoms with Crippen LogP contribution < -0.4 is 10.2 Å². The van der Waals surface area contributed by atoms with Crippen LogP contribution in [0.4, 0.5) is 10.5 Å². The van der Waals surface area contributed by atoms with Crippen LogP contribution in [-0.4, -0.2) is 30.2 Å². The Morgan fingerprint density at radius 3 is 2.79 bits per heavy atom. The molecule has 2 rings (SSSR count). The summed E-state index contributed by atoms with van der Waals surface area (Å²) in [6, 6.07) is 5.73. The lowest BCUT2D eigenvalue weighted by molar-refractivity contribution is -0.122. The Labute approximate surface area is 119 Å². The molecule has 1 aromatic rings. The summed E-state index contributed by atoms with van der Waals surface area (Å²) in [6.45, 7) is 4.31. The molecular formula is C13H15BrN2O3. The Balaban J connectivity index is 2.28. The number of halogens is 1. The number of anilines is 1. The average Bonchev–Trinajstić information content (AvgIpc) is 2.49. The van der Waals surface area contributed by atoms with Crippen molar-refractivity contribution in [3.8, 4) is 0 Å². The standard InChI is InChI=1S/C13H15BrN2O3/c1-13(2)9-4-3-8(14)7-10(9)16(11(13)17)6-5-15-12(18)19/h3-4,7,15H,5-6H2,1-2H3,(H,18,19). The van der Waals surface area contributed by atoms with Crippen LogP contribution in [0.1, 0.15) is 19.4 Å². The van der Waals surface area contributed by atoms with Gasteiger partial charge in [-0.05, 0) is 31.5 Å². The number of rotatable bonds is 3. The fraction of sp³-hybridized carbons (Fsp3) is 0.385. The van der Waals surface area contributed by atoms with Crippen molar-refractivity contribution in [3.63, 3.8) is 0 Å². The Bertz CT molecular complexity index is 543. The minimum Gasteiger partial charge on any atom is -0.465 e. The number of carbonyl (C=O) groups excluding carboxylic acids is 1. The van der Waals surface area contributed by atoms with Crippen molar-refractivity contribution < 1.29 is 14.7 Å². The van der Waals surface area contributed by atoms with Crippen LogP contribution in [0.15, 0.2) is 22.7 Å². The molecule has 1 aromatic carbocycles. The van der Waals surface area contributed by atoms with Gasteiger partial charge in [0.2, 0.25) is 5.91 Å². The van der Waals surface area contributed by atoms with Gasteiger partial charge >= 0.3 is 6.09 Å². The number of carboxylic acid groups (broad SMARTS) is 1. The SMILES string of the molecule is CC1(C)C(=O)N(CCNC(=O)O)c2cc(Br)ccc21. The highest BCUT2D eigenvalue weighted by Crippen LogP contribution is 2.42. The van der Waals surface area contributed by atoms with Gasteiger partial charge in [-0.3, -0.25) is 4.79 Å². The van der Waals surface area contributed by atoms with Crippen molar-refractivity contribution in [3.05, 3.63) is 28.2 Å². The summed E-state index contributed by atoms with van der Waals surface area (Å²) < 4.78 is 0.896. The molecule has 0 atom stereocenters. The smallest absolute Gasteiger partial charge is 0.404 e. The van der Waals surface area contributed by atoms with Gasteiger partial charge in [0.25, 0.3) is 0 Å². The van der Waals surface area contributed by atoms with E-state index >= 15 is 0 Å². The number of fused-ring (bicyclic) bond motifs is 1. The van der Waals surface area contributed by atoms with E-state index < -0.39 is 11.5 Å². The first kappa shape index (κ1) is 13.9. The van der Waals surface area contributed by atoms with E-state index in [9.17, 15) is 9.59 Å². The number of hydrogen-bond donors (Lipinski definition) is 2. The second-order valence-corrected chi connectivity index (χ2v) is 5.89. The number of carbonyl (C=O) groups is 2. The highest BCUT2D eigenvalue weighted by Gasteiger charge is 2.43. The maximum Gasteiger partial charge on any atom is 0.404 e. The van der Waals surface area contributed by atoms with Crippen molar-refractivity contribution in [1.82, 2.24) is 5.32 Å². The molecule has 0 saturated carbocycles. The molecule has 6 heteroatoms. The van der Waals surface area contributed by atoms with Crippen molar-refractivity contribution in [2.75, 3.05) is 18.0 Å². The molecule has 2 amide bonds. The molecule has 0 aliphatic carbocycles. The van der Waals surface area contributed by atoms with E-state index in [1.54, 1.807) is 4.90 Å². The third-order valence-corrected chi connectivity index (χ3v) is 3.81. The molecule has 19 heavy (non-hydrogen) atoms. The topological polar surface area (TPSA) is 69.6 Å². The van der Waals surface area contributed by atoms with E-state index in [2.05, 4.69) is 21.2 Å². The molecule has 0 bridgehead atoms. The van der Waals surface area contributed by atoms with Crippen molar-refractivity contribution in [1.29, 1.82) is 0 Å². The van der Waals surface area contributed by atoms with Gasteiger partial charge in [-0.25, -0.2) is 4.79 Å². The first-order valence-corrected chi connectivity index (χ1v) is 6.72. The second-order valence-electron chi connectivity index (χ2n) is 4.98. The zero-order valence-electron chi connectivity index (χ0n) is 10.7. The normalized spacial score (nSPS) is 16.4. The highest BCUT2D eigenvalue weighted by atomic mass is 79.9. The van der Waals surface area contributed by atoms with Crippen LogP contribution in [0.2, 0.25) is 0 Å². The number of nitrogens with one attached hydrogen (secondary N) is 1. The third-order valence-electron chi connectivity index (χ3n) is 3.32. The van der Waals surface area contributed by atoms with Crippen LogP contribution in [0, 0.1) is 0 Å². The van der Waals surface area contributed by atoms with E-state index in [1.807, 2.05) is 32.0 Å². The highest BCUT2D eigenvalue weighted by molar-refractivity contribution is 9.10. The maximum absolute atomic E-state index is 12.4. The predicted octanol–water partition coefficient (Wildman–Crippen LogP) is 2.34. The van der Waals surface area contributed by atoms with Crippen LogP contribution in [0.3, 0.4) is 0 Å². The monoisotopic (exact) mass is 326 g/mol. The fourth-order valence-electron chi connectivity index (χ4n) is 2.32. The molecule has 102 valence electrons. The zero-order chi connectivity index (χ0) is 14.2. The summed E-state index contributed by atoms with van der Waals surface area (Å²) in [6.07, 6.45) is -1.08. The summed E-state index contributed by atoms with van der Waals surface area (Å²) >= 11 is 3.39. The predicted molar refractivity (Wildman–Crippen MR) is 75.5 cm³/mol. The number of benzene rings is 1. The summed E-state index contributed by atoms with van der Waals surface area (Å²) in [7, 11) is 0. The quantitative estimate of drug-likeness (QED) is 0.895. The van der Waals surface area contributed by atoms with E-state index in [1.165, 1.54) is 0 Å². The average molecular weight is 327 g/mol. The fourth-order valence-corrected chi connectivity index (χ4v) is 2.66. The van der Waals surface area contributed by atoms with Gasteiger partial charge < -0.3 is 15.3 Å². The van der Waals surface area contributed by atoms with Crippen LogP contribution in [0.25, 0.3) is 0 Å². The van der Waals surface area contributed by atoms with Crippen molar-refractivity contribution in [2.24, 2.45) is 0 Å². The lowest BCUT2D eigenvalue weighted by atomic mass is 9.86. The summed E-state index contributed by atoms with van der Waals surface area (Å²) in [5, 5.41) is 10.9. The van der Waals surface area contributed by atoms with E-state index in [0.29, 0.717) is 6.54 Å². The van der Waals surface area contributed by atoms with E-state index in [4.69, 9.17) is 5.11 Å². The molecule has 0 unspecified atom stereocenters. The van der Waals surface area contributed by atoms with E-state index in [0.717, 1.165) is 15.7 Å². The number of nitrogens with zero attached hydrogens (tertiary/aromatic N) is 1. The largest absolute Gasteiger partial charge is 0.465 e. The molecule has 0 radical (unpaired) electrons. The van der Waals surface area contributed by atoms with Crippen molar-refractivity contribution in [2.45, 2.75) is 19.3 Å². The summed E-state index contributed by atoms with van der Waals surface area (Å²) in [5.41, 5.74) is 1.24. The lowest BCUT2D eigenvalue weighted by Gasteiger charge is -2.20. The van der Waals surface area contributed by atoms with Gasteiger partial charge in [-0.2, -0.15) is 0 Å². The Hall–Kier alpha value is -1.56. The van der Waals surface area contributed by atoms with Crippen LogP contribution >= 0.6 is 15.9 Å².